The Hall–Kier alpha value is -1.69. The lowest BCUT2D eigenvalue weighted by Crippen LogP contribution is -2.38. The number of nitrogens with two attached hydrogens (primary N) is 1. The number of rotatable bonds is 7. The molecule has 1 aromatic carbocycles. The number of nitrogens with one attached hydrogen (secondary N) is 1. The minimum atomic E-state index is -0.759. The highest BCUT2D eigenvalue weighted by Gasteiger charge is 2.24. The predicted octanol–water partition coefficient (Wildman–Crippen LogP) is 1.77. The van der Waals surface area contributed by atoms with Gasteiger partial charge in [0.25, 0.3) is 0 Å². The van der Waals surface area contributed by atoms with Crippen LogP contribution in [0, 0.1) is 0 Å². The Kier molecular flexibility index (Phi) is 6.93. The van der Waals surface area contributed by atoms with E-state index in [0.717, 1.165) is 6.42 Å². The van der Waals surface area contributed by atoms with Gasteiger partial charge >= 0.3 is 0 Å². The highest BCUT2D eigenvalue weighted by molar-refractivity contribution is 7.99. The maximum atomic E-state index is 12.2. The van der Waals surface area contributed by atoms with Crippen molar-refractivity contribution in [2.45, 2.75) is 24.5 Å². The van der Waals surface area contributed by atoms with Crippen molar-refractivity contribution >= 4 is 23.5 Å². The van der Waals surface area contributed by atoms with E-state index in [1.54, 1.807) is 23.9 Å². The van der Waals surface area contributed by atoms with Crippen molar-refractivity contribution in [2.75, 3.05) is 12.8 Å². The number of amides is 1. The minimum Gasteiger partial charge on any atom is -0.409 e. The van der Waals surface area contributed by atoms with E-state index in [2.05, 4.69) is 17.4 Å². The molecule has 0 aliphatic rings. The topological polar surface area (TPSA) is 87.7 Å². The first-order valence-corrected chi connectivity index (χ1v) is 7.71. The summed E-state index contributed by atoms with van der Waals surface area (Å²) in [4.78, 5) is 12.2. The number of thioether (sulfide) groups is 1. The molecule has 5 nitrogen and oxygen atoms in total. The molecule has 0 saturated heterocycles. The van der Waals surface area contributed by atoms with Crippen molar-refractivity contribution in [1.29, 1.82) is 0 Å². The molecule has 0 aromatic heterocycles. The SMILES string of the molecule is CSC(C)CCNC(=O)C(/C(N)=N/O)c1ccccc1. The van der Waals surface area contributed by atoms with Gasteiger partial charge in [0.1, 0.15) is 5.92 Å². The minimum absolute atomic E-state index is 0.105. The number of hydrogen-bond acceptors (Lipinski definition) is 4. The summed E-state index contributed by atoms with van der Waals surface area (Å²) < 4.78 is 0. The van der Waals surface area contributed by atoms with E-state index in [0.29, 0.717) is 17.4 Å². The molecule has 2 unspecified atom stereocenters. The lowest BCUT2D eigenvalue weighted by molar-refractivity contribution is -0.121. The summed E-state index contributed by atoms with van der Waals surface area (Å²) in [6.07, 6.45) is 2.92. The normalized spacial score (nSPS) is 14.6. The molecule has 0 aliphatic carbocycles. The Balaban J connectivity index is 2.72. The number of carbonyl (C=O) groups is 1. The van der Waals surface area contributed by atoms with Gasteiger partial charge in [0.05, 0.1) is 0 Å². The van der Waals surface area contributed by atoms with Gasteiger partial charge in [-0.25, -0.2) is 0 Å². The van der Waals surface area contributed by atoms with E-state index < -0.39 is 5.92 Å². The number of amidine groups is 1. The molecule has 0 radical (unpaired) electrons. The first kappa shape index (κ1) is 16.4. The highest BCUT2D eigenvalue weighted by atomic mass is 32.2. The van der Waals surface area contributed by atoms with Crippen LogP contribution in [0.1, 0.15) is 24.8 Å². The molecule has 0 spiro atoms. The second-order valence-corrected chi connectivity index (χ2v) is 5.77. The number of oxime groups is 1. The fraction of sp³-hybridized carbons (Fsp3) is 0.429. The summed E-state index contributed by atoms with van der Waals surface area (Å²) in [5.41, 5.74) is 6.35. The van der Waals surface area contributed by atoms with Crippen LogP contribution in [0.3, 0.4) is 0 Å². The van der Waals surface area contributed by atoms with E-state index in [9.17, 15) is 4.79 Å². The Morgan fingerprint density at radius 3 is 2.65 bits per heavy atom. The van der Waals surface area contributed by atoms with Gasteiger partial charge in [-0.1, -0.05) is 42.4 Å². The lowest BCUT2D eigenvalue weighted by Gasteiger charge is -2.16. The van der Waals surface area contributed by atoms with Crippen molar-refractivity contribution in [3.05, 3.63) is 35.9 Å². The van der Waals surface area contributed by atoms with Crippen LogP contribution in [0.15, 0.2) is 35.5 Å². The number of hydrogen-bond donors (Lipinski definition) is 3. The summed E-state index contributed by atoms with van der Waals surface area (Å²) in [6.45, 7) is 2.68. The van der Waals surface area contributed by atoms with E-state index in [4.69, 9.17) is 10.9 Å². The molecule has 4 N–H and O–H groups in total. The van der Waals surface area contributed by atoms with Gasteiger partial charge in [-0.15, -0.1) is 0 Å². The van der Waals surface area contributed by atoms with Crippen molar-refractivity contribution < 1.29 is 10.0 Å². The van der Waals surface area contributed by atoms with Crippen molar-refractivity contribution in [3.63, 3.8) is 0 Å². The predicted molar refractivity (Wildman–Crippen MR) is 83.2 cm³/mol. The number of benzene rings is 1. The van der Waals surface area contributed by atoms with Crippen molar-refractivity contribution in [3.8, 4) is 0 Å². The van der Waals surface area contributed by atoms with Crippen molar-refractivity contribution in [2.24, 2.45) is 10.9 Å². The summed E-state index contributed by atoms with van der Waals surface area (Å²) in [5, 5.41) is 15.1. The fourth-order valence-electron chi connectivity index (χ4n) is 1.78. The van der Waals surface area contributed by atoms with Crippen LogP contribution < -0.4 is 11.1 Å². The zero-order valence-electron chi connectivity index (χ0n) is 11.7. The van der Waals surface area contributed by atoms with Gasteiger partial charge < -0.3 is 16.3 Å². The Bertz CT molecular complexity index is 451. The second kappa shape index (κ2) is 8.47. The zero-order chi connectivity index (χ0) is 15.0. The van der Waals surface area contributed by atoms with E-state index in [1.807, 2.05) is 24.5 Å². The van der Waals surface area contributed by atoms with Gasteiger partial charge in [0, 0.05) is 11.8 Å². The third-order valence-corrected chi connectivity index (χ3v) is 4.10. The third-order valence-electron chi connectivity index (χ3n) is 3.06. The molecule has 0 bridgehead atoms. The molecule has 0 aliphatic heterocycles. The molecule has 0 saturated carbocycles. The lowest BCUT2D eigenvalue weighted by atomic mass is 9.97. The summed E-state index contributed by atoms with van der Waals surface area (Å²) >= 11 is 1.75. The first-order chi connectivity index (χ1) is 9.60. The van der Waals surface area contributed by atoms with Crippen LogP contribution in [0.25, 0.3) is 0 Å². The van der Waals surface area contributed by atoms with E-state index >= 15 is 0 Å². The molecule has 6 heteroatoms. The molecule has 1 aromatic rings. The van der Waals surface area contributed by atoms with E-state index in [1.165, 1.54) is 0 Å². The standard InChI is InChI=1S/C14H21N3O2S/c1-10(20-2)8-9-16-14(18)12(13(15)17-19)11-6-4-3-5-7-11/h3-7,10,12,19H,8-9H2,1-2H3,(H2,15,17)(H,16,18). The average molecular weight is 295 g/mol. The fourth-order valence-corrected chi connectivity index (χ4v) is 2.13. The average Bonchev–Trinajstić information content (AvgIpc) is 2.48. The van der Waals surface area contributed by atoms with Crippen LogP contribution >= 0.6 is 11.8 Å². The third kappa shape index (κ3) is 4.77. The molecule has 110 valence electrons. The molecular formula is C14H21N3O2S. The molecular weight excluding hydrogens is 274 g/mol. The Morgan fingerprint density at radius 1 is 1.45 bits per heavy atom. The van der Waals surface area contributed by atoms with Gasteiger partial charge in [-0.3, -0.25) is 4.79 Å². The Morgan fingerprint density at radius 2 is 2.10 bits per heavy atom. The maximum Gasteiger partial charge on any atom is 0.235 e. The van der Waals surface area contributed by atoms with E-state index in [-0.39, 0.29) is 11.7 Å². The van der Waals surface area contributed by atoms with Crippen LogP contribution in [0.2, 0.25) is 0 Å². The van der Waals surface area contributed by atoms with Crippen LogP contribution in [-0.4, -0.2) is 35.0 Å². The molecule has 2 atom stereocenters. The molecule has 20 heavy (non-hydrogen) atoms. The molecule has 0 fully saturated rings. The smallest absolute Gasteiger partial charge is 0.235 e. The highest BCUT2D eigenvalue weighted by Crippen LogP contribution is 2.16. The van der Waals surface area contributed by atoms with Crippen molar-refractivity contribution in [1.82, 2.24) is 5.32 Å². The monoisotopic (exact) mass is 295 g/mol. The van der Waals surface area contributed by atoms with Crippen LogP contribution in [0.4, 0.5) is 0 Å². The maximum absolute atomic E-state index is 12.2. The summed E-state index contributed by atoms with van der Waals surface area (Å²) in [6, 6.07) is 9.05. The van der Waals surface area contributed by atoms with Crippen LogP contribution in [0.5, 0.6) is 0 Å². The van der Waals surface area contributed by atoms with Gasteiger partial charge in [-0.2, -0.15) is 11.8 Å². The Labute approximate surface area is 123 Å². The molecule has 1 amide bonds. The second-order valence-electron chi connectivity index (χ2n) is 4.49. The quantitative estimate of drug-likeness (QED) is 0.310. The number of nitrogens with zero attached hydrogens (tertiary/aromatic N) is 1. The van der Waals surface area contributed by atoms with Gasteiger partial charge in [0.15, 0.2) is 5.84 Å². The van der Waals surface area contributed by atoms with Crippen LogP contribution in [-0.2, 0) is 4.79 Å². The summed E-state index contributed by atoms with van der Waals surface area (Å²) in [7, 11) is 0. The van der Waals surface area contributed by atoms with Gasteiger partial charge in [0.2, 0.25) is 5.91 Å². The number of carbonyl (C=O) groups excluding carboxylic acids is 1. The zero-order valence-corrected chi connectivity index (χ0v) is 12.6. The first-order valence-electron chi connectivity index (χ1n) is 6.43. The summed E-state index contributed by atoms with van der Waals surface area (Å²) in [5.74, 6) is -1.11. The molecule has 1 rings (SSSR count). The molecule has 0 heterocycles. The largest absolute Gasteiger partial charge is 0.409 e. The van der Waals surface area contributed by atoms with Gasteiger partial charge in [-0.05, 0) is 18.2 Å².